The van der Waals surface area contributed by atoms with Crippen LogP contribution in [0.15, 0.2) is 18.2 Å². The normalized spacial score (nSPS) is 11.8. The highest BCUT2D eigenvalue weighted by Gasteiger charge is 2.14. The Morgan fingerprint density at radius 1 is 1.21 bits per heavy atom. The van der Waals surface area contributed by atoms with E-state index in [4.69, 9.17) is 25.8 Å². The highest BCUT2D eigenvalue weighted by molar-refractivity contribution is 6.32. The molecule has 0 aliphatic heterocycles. The van der Waals surface area contributed by atoms with Crippen LogP contribution in [-0.2, 0) is 14.3 Å². The van der Waals surface area contributed by atoms with Crippen molar-refractivity contribution >= 4 is 35.6 Å². The molecule has 0 saturated heterocycles. The average molecular weight is 427 g/mol. The SMILES string of the molecule is CC[C@H](C)NC(=O)NC(=O)COC(=O)/C=C/c1cc(Cl)c(OC(C)C)c(OC)c1. The molecule has 0 unspecified atom stereocenters. The summed E-state index contributed by atoms with van der Waals surface area (Å²) in [5.74, 6) is -0.644. The number of methoxy groups -OCH3 is 1. The van der Waals surface area contributed by atoms with E-state index in [9.17, 15) is 14.4 Å². The number of carbonyl (C=O) groups is 3. The molecule has 0 fully saturated rings. The molecule has 160 valence electrons. The van der Waals surface area contributed by atoms with Gasteiger partial charge in [-0.15, -0.1) is 0 Å². The van der Waals surface area contributed by atoms with Crippen LogP contribution in [0.4, 0.5) is 4.79 Å². The third-order valence-corrected chi connectivity index (χ3v) is 3.89. The summed E-state index contributed by atoms with van der Waals surface area (Å²) in [7, 11) is 1.48. The molecule has 1 aromatic carbocycles. The van der Waals surface area contributed by atoms with Gasteiger partial charge in [-0.2, -0.15) is 0 Å². The molecule has 1 atom stereocenters. The first-order valence-corrected chi connectivity index (χ1v) is 9.53. The van der Waals surface area contributed by atoms with E-state index in [-0.39, 0.29) is 12.1 Å². The van der Waals surface area contributed by atoms with Crippen LogP contribution in [0, 0.1) is 0 Å². The first kappa shape index (κ1) is 24.3. The number of carbonyl (C=O) groups excluding carboxylic acids is 3. The Morgan fingerprint density at radius 2 is 1.90 bits per heavy atom. The van der Waals surface area contributed by atoms with E-state index in [0.29, 0.717) is 22.1 Å². The van der Waals surface area contributed by atoms with E-state index >= 15 is 0 Å². The number of imide groups is 1. The average Bonchev–Trinajstić information content (AvgIpc) is 2.65. The molecule has 9 heteroatoms. The van der Waals surface area contributed by atoms with Crippen molar-refractivity contribution in [1.82, 2.24) is 10.6 Å². The predicted molar refractivity (Wildman–Crippen MR) is 110 cm³/mol. The number of ether oxygens (including phenoxy) is 3. The minimum atomic E-state index is -0.750. The zero-order valence-electron chi connectivity index (χ0n) is 17.2. The summed E-state index contributed by atoms with van der Waals surface area (Å²) in [5.41, 5.74) is 0.581. The van der Waals surface area contributed by atoms with Crippen LogP contribution in [0.2, 0.25) is 5.02 Å². The highest BCUT2D eigenvalue weighted by atomic mass is 35.5. The van der Waals surface area contributed by atoms with Crippen molar-refractivity contribution in [3.05, 3.63) is 28.8 Å². The highest BCUT2D eigenvalue weighted by Crippen LogP contribution is 2.37. The van der Waals surface area contributed by atoms with Crippen LogP contribution in [0.3, 0.4) is 0 Å². The number of hydrogen-bond donors (Lipinski definition) is 2. The zero-order valence-corrected chi connectivity index (χ0v) is 18.0. The lowest BCUT2D eigenvalue weighted by atomic mass is 10.2. The summed E-state index contributed by atoms with van der Waals surface area (Å²) >= 11 is 6.22. The van der Waals surface area contributed by atoms with Crippen LogP contribution < -0.4 is 20.1 Å². The van der Waals surface area contributed by atoms with Crippen LogP contribution >= 0.6 is 11.6 Å². The minimum Gasteiger partial charge on any atom is -0.493 e. The minimum absolute atomic E-state index is 0.0746. The summed E-state index contributed by atoms with van der Waals surface area (Å²) in [6, 6.07) is 2.55. The fraction of sp³-hybridized carbons (Fsp3) is 0.450. The van der Waals surface area contributed by atoms with Gasteiger partial charge in [-0.1, -0.05) is 18.5 Å². The van der Waals surface area contributed by atoms with E-state index in [1.807, 2.05) is 20.8 Å². The largest absolute Gasteiger partial charge is 0.493 e. The first-order valence-electron chi connectivity index (χ1n) is 9.15. The van der Waals surface area contributed by atoms with Gasteiger partial charge < -0.3 is 19.5 Å². The van der Waals surface area contributed by atoms with Crippen molar-refractivity contribution in [2.45, 2.75) is 46.3 Å². The Morgan fingerprint density at radius 3 is 2.48 bits per heavy atom. The summed E-state index contributed by atoms with van der Waals surface area (Å²) in [6.45, 7) is 6.85. The van der Waals surface area contributed by atoms with Crippen LogP contribution in [0.1, 0.15) is 39.7 Å². The van der Waals surface area contributed by atoms with Crippen molar-refractivity contribution in [1.29, 1.82) is 0 Å². The van der Waals surface area contributed by atoms with Crippen molar-refractivity contribution in [2.75, 3.05) is 13.7 Å². The van der Waals surface area contributed by atoms with Gasteiger partial charge in [0.25, 0.3) is 5.91 Å². The number of amides is 3. The van der Waals surface area contributed by atoms with Crippen molar-refractivity contribution < 1.29 is 28.6 Å². The van der Waals surface area contributed by atoms with Crippen molar-refractivity contribution in [2.24, 2.45) is 0 Å². The Labute approximate surface area is 175 Å². The number of esters is 1. The van der Waals surface area contributed by atoms with Gasteiger partial charge in [0.05, 0.1) is 18.2 Å². The lowest BCUT2D eigenvalue weighted by Gasteiger charge is -2.15. The Bertz CT molecular complexity index is 764. The van der Waals surface area contributed by atoms with E-state index in [1.165, 1.54) is 13.2 Å². The molecule has 1 aromatic rings. The summed E-state index contributed by atoms with van der Waals surface area (Å²) in [4.78, 5) is 35.0. The maximum absolute atomic E-state index is 11.8. The molecule has 1 rings (SSSR count). The van der Waals surface area contributed by atoms with Gasteiger partial charge in [0.15, 0.2) is 18.1 Å². The topological polar surface area (TPSA) is 103 Å². The van der Waals surface area contributed by atoms with E-state index < -0.39 is 24.5 Å². The number of benzene rings is 1. The number of hydrogen-bond acceptors (Lipinski definition) is 6. The fourth-order valence-electron chi connectivity index (χ4n) is 2.06. The molecule has 0 saturated carbocycles. The third kappa shape index (κ3) is 8.87. The van der Waals surface area contributed by atoms with Crippen LogP contribution in [-0.4, -0.2) is 43.8 Å². The summed E-state index contributed by atoms with van der Waals surface area (Å²) in [6.07, 6.45) is 3.24. The van der Waals surface area contributed by atoms with Gasteiger partial charge in [-0.3, -0.25) is 10.1 Å². The first-order chi connectivity index (χ1) is 13.7. The number of nitrogens with one attached hydrogen (secondary N) is 2. The monoisotopic (exact) mass is 426 g/mol. The fourth-order valence-corrected chi connectivity index (χ4v) is 2.32. The van der Waals surface area contributed by atoms with E-state index in [2.05, 4.69) is 10.6 Å². The van der Waals surface area contributed by atoms with Gasteiger partial charge >= 0.3 is 12.0 Å². The van der Waals surface area contributed by atoms with Crippen LogP contribution in [0.5, 0.6) is 11.5 Å². The molecular formula is C20H27ClN2O6. The molecule has 0 radical (unpaired) electrons. The molecule has 0 aromatic heterocycles. The molecule has 0 aliphatic carbocycles. The second-order valence-corrected chi connectivity index (χ2v) is 6.88. The zero-order chi connectivity index (χ0) is 22.0. The molecule has 0 spiro atoms. The van der Waals surface area contributed by atoms with Crippen LogP contribution in [0.25, 0.3) is 6.08 Å². The number of halogens is 1. The molecule has 0 aliphatic rings. The van der Waals surface area contributed by atoms with Gasteiger partial charge in [0.1, 0.15) is 0 Å². The summed E-state index contributed by atoms with van der Waals surface area (Å²) < 4.78 is 15.7. The Kier molecular flexibility index (Phi) is 10.0. The van der Waals surface area contributed by atoms with Gasteiger partial charge in [0, 0.05) is 12.1 Å². The second-order valence-electron chi connectivity index (χ2n) is 6.47. The molecule has 29 heavy (non-hydrogen) atoms. The lowest BCUT2D eigenvalue weighted by molar-refractivity contribution is -0.143. The van der Waals surface area contributed by atoms with Crippen molar-refractivity contribution in [3.63, 3.8) is 0 Å². The van der Waals surface area contributed by atoms with Gasteiger partial charge in [0.2, 0.25) is 0 Å². The number of rotatable bonds is 9. The summed E-state index contributed by atoms with van der Waals surface area (Å²) in [5, 5.41) is 4.98. The van der Waals surface area contributed by atoms with E-state index in [0.717, 1.165) is 12.5 Å². The maximum Gasteiger partial charge on any atom is 0.331 e. The molecule has 0 heterocycles. The second kappa shape index (κ2) is 12.0. The van der Waals surface area contributed by atoms with Gasteiger partial charge in [-0.05, 0) is 51.0 Å². The van der Waals surface area contributed by atoms with Gasteiger partial charge in [-0.25, -0.2) is 9.59 Å². The molecule has 3 amide bonds. The Hall–Kier alpha value is -2.74. The quantitative estimate of drug-likeness (QED) is 0.463. The molecular weight excluding hydrogens is 400 g/mol. The molecule has 0 bridgehead atoms. The maximum atomic E-state index is 11.8. The van der Waals surface area contributed by atoms with E-state index in [1.54, 1.807) is 19.1 Å². The lowest BCUT2D eigenvalue weighted by Crippen LogP contribution is -2.44. The predicted octanol–water partition coefficient (Wildman–Crippen LogP) is 3.32. The molecule has 8 nitrogen and oxygen atoms in total. The Balaban J connectivity index is 2.63. The number of urea groups is 1. The standard InChI is InChI=1S/C20H27ClN2O6/c1-6-13(4)22-20(26)23-17(24)11-28-18(25)8-7-14-9-15(21)19(29-12(2)3)16(10-14)27-5/h7-10,12-13H,6,11H2,1-5H3,(H2,22,23,24,26)/b8-7+/t13-/m0/s1. The third-order valence-electron chi connectivity index (χ3n) is 3.61. The smallest absolute Gasteiger partial charge is 0.331 e. The van der Waals surface area contributed by atoms with Crippen molar-refractivity contribution in [3.8, 4) is 11.5 Å². The molecule has 2 N–H and O–H groups in total.